The lowest BCUT2D eigenvalue weighted by atomic mass is 10.0. The molecule has 5 rings (SSSR count). The van der Waals surface area contributed by atoms with Gasteiger partial charge in [-0.15, -0.1) is 11.3 Å². The van der Waals surface area contributed by atoms with Crippen molar-refractivity contribution in [1.82, 2.24) is 30.5 Å². The molecule has 1 aromatic heterocycles. The van der Waals surface area contributed by atoms with Crippen LogP contribution in [0.25, 0.3) is 0 Å². The van der Waals surface area contributed by atoms with Gasteiger partial charge in [0.1, 0.15) is 17.1 Å². The predicted octanol–water partition coefficient (Wildman–Crippen LogP) is 0.0823. The number of phenols is 2. The van der Waals surface area contributed by atoms with Gasteiger partial charge < -0.3 is 41.2 Å². The van der Waals surface area contributed by atoms with Gasteiger partial charge in [0.2, 0.25) is 16.4 Å². The van der Waals surface area contributed by atoms with E-state index >= 15 is 0 Å². The molecular formula is C28H29ClN10O11S2. The maximum atomic E-state index is 13.5. The minimum absolute atomic E-state index is 0.0599. The number of halogens is 1. The molecule has 0 radical (unpaired) electrons. The number of hydrogen-bond acceptors (Lipinski definition) is 16. The first-order valence-electron chi connectivity index (χ1n) is 14.8. The van der Waals surface area contributed by atoms with E-state index in [1.807, 2.05) is 0 Å². The van der Waals surface area contributed by atoms with Crippen LogP contribution < -0.4 is 16.5 Å². The van der Waals surface area contributed by atoms with Gasteiger partial charge in [-0.05, 0) is 32.9 Å². The summed E-state index contributed by atoms with van der Waals surface area (Å²) in [4.78, 5) is 86.1. The minimum Gasteiger partial charge on any atom is -0.504 e. The van der Waals surface area contributed by atoms with E-state index in [4.69, 9.17) is 22.2 Å². The molecule has 0 aliphatic carbocycles. The van der Waals surface area contributed by atoms with Crippen LogP contribution in [0.4, 0.5) is 9.93 Å². The third-order valence-corrected chi connectivity index (χ3v) is 10.6. The lowest BCUT2D eigenvalue weighted by Gasteiger charge is -2.41. The van der Waals surface area contributed by atoms with Gasteiger partial charge in [0, 0.05) is 5.38 Å². The number of carboxylic acids is 2. The highest BCUT2D eigenvalue weighted by molar-refractivity contribution is 8.02. The first kappa shape index (κ1) is 37.6. The number of aliphatic carboxylic acids is 2. The summed E-state index contributed by atoms with van der Waals surface area (Å²) in [6, 6.07) is -0.581. The number of carboxylic acid groups (broad SMARTS) is 2. The average Bonchev–Trinajstić information content (AvgIpc) is 3.75. The standard InChI is InChI=1S/C28H29ClN10O11S2/c1-11-8-38(32-7-6-31-35-19(42)12-4-5-14(40)18(41)15(12)29)26(49)39(11)28(24(47)48)10-37-21(44)17(22(37)52-28)34-20(43)16(13-9-51-25(30)33-13)36-50-27(2,3)23(45)46/h4-7,9,11,17,22,40-41H,8,10H2,1-3H3,(H2,30,33)(H,34,43)(H,35,42)(H,45,46)(H,47,48)/b31-6+,32-7+,36-16-/t11-,17?,22+,28+/m0/s1. The smallest absolute Gasteiger partial charge is 0.350 e. The van der Waals surface area contributed by atoms with E-state index in [1.165, 1.54) is 24.1 Å². The van der Waals surface area contributed by atoms with Crippen LogP contribution in [0.1, 0.15) is 36.8 Å². The molecule has 3 aliphatic rings. The number of hydrazone groups is 2. The Labute approximate surface area is 305 Å². The van der Waals surface area contributed by atoms with Crippen molar-refractivity contribution in [2.75, 3.05) is 18.8 Å². The van der Waals surface area contributed by atoms with E-state index in [0.717, 1.165) is 57.6 Å². The number of β-lactam (4-membered cyclic amide) rings is 1. The van der Waals surface area contributed by atoms with Crippen molar-refractivity contribution in [2.24, 2.45) is 15.4 Å². The molecule has 3 saturated heterocycles. The molecule has 1 unspecified atom stereocenters. The number of urea groups is 1. The molecule has 2 aromatic rings. The van der Waals surface area contributed by atoms with Crippen molar-refractivity contribution >= 4 is 93.7 Å². The largest absolute Gasteiger partial charge is 0.504 e. The van der Waals surface area contributed by atoms with Crippen LogP contribution in [0.15, 0.2) is 32.9 Å². The van der Waals surface area contributed by atoms with Gasteiger partial charge in [0.15, 0.2) is 22.3 Å². The highest BCUT2D eigenvalue weighted by Gasteiger charge is 2.67. The molecule has 0 spiro atoms. The summed E-state index contributed by atoms with van der Waals surface area (Å²) in [5.74, 6) is -6.47. The number of fused-ring (bicyclic) bond motifs is 1. The highest BCUT2D eigenvalue weighted by Crippen LogP contribution is 2.50. The maximum absolute atomic E-state index is 13.5. The number of carbonyl (C=O) groups excluding carboxylic acids is 4. The molecule has 1 aromatic carbocycles. The van der Waals surface area contributed by atoms with Crippen molar-refractivity contribution in [3.05, 3.63) is 33.8 Å². The Morgan fingerprint density at radius 2 is 1.90 bits per heavy atom. The monoisotopic (exact) mass is 780 g/mol. The van der Waals surface area contributed by atoms with Crippen LogP contribution in [0.3, 0.4) is 0 Å². The van der Waals surface area contributed by atoms with Crippen LogP contribution >= 0.6 is 34.7 Å². The van der Waals surface area contributed by atoms with E-state index in [-0.39, 0.29) is 22.9 Å². The molecule has 3 fully saturated rings. The topological polar surface area (TPSA) is 302 Å². The number of thioether (sulfide) groups is 1. The summed E-state index contributed by atoms with van der Waals surface area (Å²) >= 11 is 7.60. The first-order valence-corrected chi connectivity index (χ1v) is 16.9. The zero-order chi connectivity index (χ0) is 38.3. The predicted molar refractivity (Wildman–Crippen MR) is 184 cm³/mol. The molecule has 5 amide bonds. The number of anilines is 1. The SMILES string of the molecule is C[C@H]1CN(/N=C/C=N/NC(=O)c2ccc(O)c(O)c2Cl)C(=O)N1[C@]1(C(=O)O)CN2C(=O)C(NC(=O)/C(=N\OC(C)(C)C(=O)O)c3csc(N)n3)[C@H]2S1. The fourth-order valence-corrected chi connectivity index (χ4v) is 7.65. The van der Waals surface area contributed by atoms with E-state index in [9.17, 15) is 49.2 Å². The second-order valence-electron chi connectivity index (χ2n) is 11.8. The van der Waals surface area contributed by atoms with Crippen molar-refractivity contribution in [3.8, 4) is 11.5 Å². The van der Waals surface area contributed by atoms with Crippen LogP contribution in [0, 0.1) is 0 Å². The summed E-state index contributed by atoms with van der Waals surface area (Å²) in [7, 11) is 0. The van der Waals surface area contributed by atoms with E-state index in [2.05, 4.69) is 31.1 Å². The van der Waals surface area contributed by atoms with Gasteiger partial charge in [-0.1, -0.05) is 28.5 Å². The number of rotatable bonds is 12. The van der Waals surface area contributed by atoms with Gasteiger partial charge in [0.25, 0.3) is 11.8 Å². The normalized spacial score (nSPS) is 23.3. The summed E-state index contributed by atoms with van der Waals surface area (Å²) in [6.07, 6.45) is 2.07. The Bertz CT molecular complexity index is 1960. The zero-order valence-corrected chi connectivity index (χ0v) is 29.5. The summed E-state index contributed by atoms with van der Waals surface area (Å²) in [6.45, 7) is 3.50. The maximum Gasteiger partial charge on any atom is 0.350 e. The van der Waals surface area contributed by atoms with Gasteiger partial charge in [-0.3, -0.25) is 19.3 Å². The van der Waals surface area contributed by atoms with E-state index in [1.54, 1.807) is 6.92 Å². The van der Waals surface area contributed by atoms with Crippen molar-refractivity contribution < 1.29 is 54.0 Å². The number of aromatic hydroxyl groups is 2. The van der Waals surface area contributed by atoms with Crippen LogP contribution in [0.2, 0.25) is 5.02 Å². The lowest BCUT2D eigenvalue weighted by Crippen LogP contribution is -2.68. The van der Waals surface area contributed by atoms with Crippen molar-refractivity contribution in [3.63, 3.8) is 0 Å². The van der Waals surface area contributed by atoms with Crippen LogP contribution in [0.5, 0.6) is 11.5 Å². The molecule has 21 nitrogen and oxygen atoms in total. The molecule has 4 atom stereocenters. The molecule has 276 valence electrons. The number of nitrogens with one attached hydrogen (secondary N) is 2. The van der Waals surface area contributed by atoms with Crippen molar-refractivity contribution in [2.45, 2.75) is 48.7 Å². The molecular weight excluding hydrogens is 752 g/mol. The fourth-order valence-electron chi connectivity index (χ4n) is 5.15. The quantitative estimate of drug-likeness (QED) is 0.0650. The Hall–Kier alpha value is -5.68. The molecule has 24 heteroatoms. The van der Waals surface area contributed by atoms with Gasteiger partial charge in [-0.25, -0.2) is 29.8 Å². The Morgan fingerprint density at radius 3 is 2.54 bits per heavy atom. The Kier molecular flexibility index (Phi) is 10.2. The van der Waals surface area contributed by atoms with Gasteiger partial charge >= 0.3 is 18.0 Å². The third-order valence-electron chi connectivity index (χ3n) is 7.87. The zero-order valence-electron chi connectivity index (χ0n) is 27.1. The summed E-state index contributed by atoms with van der Waals surface area (Å²) in [5, 5.41) is 53.9. The Balaban J connectivity index is 1.27. The summed E-state index contributed by atoms with van der Waals surface area (Å²) in [5.41, 5.74) is 5.26. The second kappa shape index (κ2) is 14.1. The van der Waals surface area contributed by atoms with Crippen LogP contribution in [-0.4, -0.2) is 135 Å². The molecule has 4 heterocycles. The minimum atomic E-state index is -1.98. The first-order chi connectivity index (χ1) is 24.4. The number of benzene rings is 1. The number of nitrogen functional groups attached to an aromatic ring is 1. The highest BCUT2D eigenvalue weighted by atomic mass is 35.5. The molecule has 8 N–H and O–H groups in total. The summed E-state index contributed by atoms with van der Waals surface area (Å²) < 4.78 is 0. The van der Waals surface area contributed by atoms with Gasteiger partial charge in [-0.2, -0.15) is 10.2 Å². The van der Waals surface area contributed by atoms with Crippen LogP contribution in [-0.2, 0) is 24.0 Å². The number of carbonyl (C=O) groups is 6. The number of thiazole rings is 1. The number of aromatic nitrogens is 1. The fraction of sp³-hybridized carbons (Fsp3) is 0.357. The molecule has 0 saturated carbocycles. The lowest BCUT2D eigenvalue weighted by molar-refractivity contribution is -0.161. The number of hydrogen-bond donors (Lipinski definition) is 7. The van der Waals surface area contributed by atoms with Gasteiger partial charge in [0.05, 0.1) is 42.1 Å². The molecule has 52 heavy (non-hydrogen) atoms. The molecule has 0 bridgehead atoms. The average molecular weight is 781 g/mol. The number of amides is 5. The number of phenolic OH excluding ortho intramolecular Hbond substituents is 2. The number of nitrogens with two attached hydrogens (primary N) is 1. The number of oxime groups is 1. The van der Waals surface area contributed by atoms with Crippen molar-refractivity contribution in [1.29, 1.82) is 0 Å². The van der Waals surface area contributed by atoms with E-state index in [0.29, 0.717) is 0 Å². The van der Waals surface area contributed by atoms with E-state index < -0.39 is 92.4 Å². The number of nitrogens with zero attached hydrogens (tertiary/aromatic N) is 7. The Morgan fingerprint density at radius 1 is 1.19 bits per heavy atom. The molecule has 3 aliphatic heterocycles. The second-order valence-corrected chi connectivity index (χ2v) is 14.5. The third kappa shape index (κ3) is 6.83.